The lowest BCUT2D eigenvalue weighted by atomic mass is 10.0. The van der Waals surface area contributed by atoms with Crippen molar-refractivity contribution in [1.29, 1.82) is 0 Å². The third kappa shape index (κ3) is 7.04. The Kier molecular flexibility index (Phi) is 8.89. The fourth-order valence-corrected chi connectivity index (χ4v) is 1.40. The van der Waals surface area contributed by atoms with Gasteiger partial charge < -0.3 is 11.5 Å². The number of Topliss-reactive ketones (excluding diaryl/α,β-unsaturated/α-hetero) is 1. The molecule has 14 heavy (non-hydrogen) atoms. The molecule has 0 saturated heterocycles. The number of nitrogens with two attached hydrogens (primary N) is 2. The average molecular weight is 200 g/mol. The molecule has 4 N–H and O–H groups in total. The Hall–Kier alpha value is -0.410. The highest BCUT2D eigenvalue weighted by atomic mass is 16.1. The van der Waals surface area contributed by atoms with Crippen LogP contribution in [-0.4, -0.2) is 18.4 Å². The van der Waals surface area contributed by atoms with Crippen LogP contribution in [0.2, 0.25) is 0 Å². The lowest BCUT2D eigenvalue weighted by molar-refractivity contribution is -0.120. The Balaban J connectivity index is 3.44. The van der Waals surface area contributed by atoms with Crippen molar-refractivity contribution in [3.63, 3.8) is 0 Å². The molecule has 0 spiro atoms. The molecule has 0 radical (unpaired) electrons. The normalized spacial score (nSPS) is 12.8. The van der Waals surface area contributed by atoms with Gasteiger partial charge in [0.1, 0.15) is 5.78 Å². The minimum Gasteiger partial charge on any atom is -0.330 e. The number of ketones is 1. The van der Waals surface area contributed by atoms with Crippen LogP contribution in [0.4, 0.5) is 0 Å². The maximum absolute atomic E-state index is 11.5. The molecule has 1 atom stereocenters. The molecule has 84 valence electrons. The molecule has 3 nitrogen and oxygen atoms in total. The van der Waals surface area contributed by atoms with E-state index in [1.165, 1.54) is 0 Å². The minimum absolute atomic E-state index is 0.218. The first kappa shape index (κ1) is 13.6. The first-order valence-corrected chi connectivity index (χ1v) is 5.70. The fourth-order valence-electron chi connectivity index (χ4n) is 1.40. The second kappa shape index (κ2) is 9.16. The van der Waals surface area contributed by atoms with E-state index < -0.39 is 0 Å². The quantitative estimate of drug-likeness (QED) is 0.555. The molecule has 3 heteroatoms. The lowest BCUT2D eigenvalue weighted by Gasteiger charge is -2.09. The van der Waals surface area contributed by atoms with E-state index in [4.69, 9.17) is 11.5 Å². The van der Waals surface area contributed by atoms with Gasteiger partial charge in [-0.3, -0.25) is 4.79 Å². The third-order valence-corrected chi connectivity index (χ3v) is 2.41. The first-order valence-electron chi connectivity index (χ1n) is 5.70. The molecule has 0 saturated carbocycles. The Morgan fingerprint density at radius 3 is 2.50 bits per heavy atom. The predicted octanol–water partition coefficient (Wildman–Crippen LogP) is 1.59. The van der Waals surface area contributed by atoms with Crippen molar-refractivity contribution in [1.82, 2.24) is 0 Å². The zero-order valence-corrected chi connectivity index (χ0v) is 9.30. The van der Waals surface area contributed by atoms with E-state index >= 15 is 0 Å². The minimum atomic E-state index is -0.251. The Labute approximate surface area is 87.2 Å². The summed E-state index contributed by atoms with van der Waals surface area (Å²) < 4.78 is 0. The van der Waals surface area contributed by atoms with E-state index in [0.29, 0.717) is 13.0 Å². The first-order chi connectivity index (χ1) is 6.72. The van der Waals surface area contributed by atoms with Crippen LogP contribution >= 0.6 is 0 Å². The standard InChI is InChI=1S/C11H24N2O/c1-2-3-4-8-11(14)10(13)7-5-6-9-12/h10H,2-9,12-13H2,1H3. The summed E-state index contributed by atoms with van der Waals surface area (Å²) in [6.07, 6.45) is 6.64. The van der Waals surface area contributed by atoms with Gasteiger partial charge >= 0.3 is 0 Å². The number of carbonyl (C=O) groups excluding carboxylic acids is 1. The average Bonchev–Trinajstić information content (AvgIpc) is 2.18. The van der Waals surface area contributed by atoms with E-state index in [-0.39, 0.29) is 11.8 Å². The van der Waals surface area contributed by atoms with Crippen molar-refractivity contribution in [2.75, 3.05) is 6.54 Å². The zero-order valence-electron chi connectivity index (χ0n) is 9.30. The Morgan fingerprint density at radius 1 is 1.21 bits per heavy atom. The van der Waals surface area contributed by atoms with E-state index in [0.717, 1.165) is 38.5 Å². The van der Waals surface area contributed by atoms with E-state index in [2.05, 4.69) is 6.92 Å². The van der Waals surface area contributed by atoms with E-state index in [1.807, 2.05) is 0 Å². The van der Waals surface area contributed by atoms with E-state index in [9.17, 15) is 4.79 Å². The monoisotopic (exact) mass is 200 g/mol. The molecule has 0 bridgehead atoms. The number of hydrogen-bond acceptors (Lipinski definition) is 3. The predicted molar refractivity (Wildman–Crippen MR) is 60.0 cm³/mol. The van der Waals surface area contributed by atoms with Gasteiger partial charge in [-0.1, -0.05) is 26.2 Å². The van der Waals surface area contributed by atoms with Crippen LogP contribution in [0, 0.1) is 0 Å². The molecule has 0 aromatic heterocycles. The molecule has 0 aromatic carbocycles. The van der Waals surface area contributed by atoms with E-state index in [1.54, 1.807) is 0 Å². The van der Waals surface area contributed by atoms with Crippen molar-refractivity contribution in [3.05, 3.63) is 0 Å². The Bertz CT molecular complexity index is 148. The summed E-state index contributed by atoms with van der Waals surface area (Å²) in [6, 6.07) is -0.251. The highest BCUT2D eigenvalue weighted by Crippen LogP contribution is 2.05. The molecule has 0 aliphatic carbocycles. The number of rotatable bonds is 9. The summed E-state index contributed by atoms with van der Waals surface area (Å²) >= 11 is 0. The molecule has 0 amide bonds. The molecule has 0 rings (SSSR count). The molecule has 0 fully saturated rings. The van der Waals surface area contributed by atoms with Crippen LogP contribution < -0.4 is 11.5 Å². The van der Waals surface area contributed by atoms with Gasteiger partial charge in [0.05, 0.1) is 6.04 Å². The molecule has 0 aromatic rings. The van der Waals surface area contributed by atoms with Gasteiger partial charge in [0.15, 0.2) is 0 Å². The maximum atomic E-state index is 11.5. The van der Waals surface area contributed by atoms with Gasteiger partial charge in [-0.15, -0.1) is 0 Å². The molecule has 1 unspecified atom stereocenters. The SMILES string of the molecule is CCCCCC(=O)C(N)CCCCN. The van der Waals surface area contributed by atoms with Crippen LogP contribution in [0.3, 0.4) is 0 Å². The zero-order chi connectivity index (χ0) is 10.8. The summed E-state index contributed by atoms with van der Waals surface area (Å²) in [6.45, 7) is 2.82. The highest BCUT2D eigenvalue weighted by Gasteiger charge is 2.11. The van der Waals surface area contributed by atoms with Crippen molar-refractivity contribution in [2.45, 2.75) is 57.9 Å². The smallest absolute Gasteiger partial charge is 0.149 e. The summed E-state index contributed by atoms with van der Waals surface area (Å²) in [5, 5.41) is 0. The topological polar surface area (TPSA) is 69.1 Å². The summed E-state index contributed by atoms with van der Waals surface area (Å²) in [5.41, 5.74) is 11.1. The summed E-state index contributed by atoms with van der Waals surface area (Å²) in [7, 11) is 0. The van der Waals surface area contributed by atoms with Gasteiger partial charge in [0.2, 0.25) is 0 Å². The number of carbonyl (C=O) groups is 1. The molecule has 0 heterocycles. The summed E-state index contributed by atoms with van der Waals surface area (Å²) in [4.78, 5) is 11.5. The van der Waals surface area contributed by atoms with Crippen molar-refractivity contribution < 1.29 is 4.79 Å². The highest BCUT2D eigenvalue weighted by molar-refractivity contribution is 5.83. The van der Waals surface area contributed by atoms with Gasteiger partial charge in [0.25, 0.3) is 0 Å². The van der Waals surface area contributed by atoms with Crippen LogP contribution in [0.15, 0.2) is 0 Å². The largest absolute Gasteiger partial charge is 0.330 e. The van der Waals surface area contributed by atoms with Crippen LogP contribution in [-0.2, 0) is 4.79 Å². The van der Waals surface area contributed by atoms with Crippen LogP contribution in [0.25, 0.3) is 0 Å². The number of unbranched alkanes of at least 4 members (excludes halogenated alkanes) is 3. The van der Waals surface area contributed by atoms with Crippen LogP contribution in [0.1, 0.15) is 51.9 Å². The molecule has 0 aliphatic heterocycles. The van der Waals surface area contributed by atoms with Crippen molar-refractivity contribution >= 4 is 5.78 Å². The molecular formula is C11H24N2O. The fraction of sp³-hybridized carbons (Fsp3) is 0.909. The third-order valence-electron chi connectivity index (χ3n) is 2.41. The van der Waals surface area contributed by atoms with Gasteiger partial charge in [-0.25, -0.2) is 0 Å². The lowest BCUT2D eigenvalue weighted by Crippen LogP contribution is -2.30. The maximum Gasteiger partial charge on any atom is 0.149 e. The molecular weight excluding hydrogens is 176 g/mol. The van der Waals surface area contributed by atoms with Crippen LogP contribution in [0.5, 0.6) is 0 Å². The van der Waals surface area contributed by atoms with Gasteiger partial charge in [-0.05, 0) is 25.8 Å². The summed E-state index contributed by atoms with van der Waals surface area (Å²) in [5.74, 6) is 0.218. The van der Waals surface area contributed by atoms with Gasteiger partial charge in [-0.2, -0.15) is 0 Å². The second-order valence-electron chi connectivity index (χ2n) is 3.81. The van der Waals surface area contributed by atoms with Crippen molar-refractivity contribution in [3.8, 4) is 0 Å². The number of hydrogen-bond donors (Lipinski definition) is 2. The Morgan fingerprint density at radius 2 is 1.93 bits per heavy atom. The van der Waals surface area contributed by atoms with Crippen molar-refractivity contribution in [2.24, 2.45) is 11.5 Å². The second-order valence-corrected chi connectivity index (χ2v) is 3.81. The molecule has 0 aliphatic rings. The van der Waals surface area contributed by atoms with Gasteiger partial charge in [0, 0.05) is 6.42 Å².